The summed E-state index contributed by atoms with van der Waals surface area (Å²) in [7, 11) is 0. The van der Waals surface area contributed by atoms with Gasteiger partial charge in [0.2, 0.25) is 0 Å². The van der Waals surface area contributed by atoms with Crippen LogP contribution in [-0.2, 0) is 17.9 Å². The second kappa shape index (κ2) is 8.67. The molecular formula is C23H28N4O. The van der Waals surface area contributed by atoms with Gasteiger partial charge in [0.25, 0.3) is 0 Å². The van der Waals surface area contributed by atoms with Gasteiger partial charge in [-0.25, -0.2) is 4.68 Å². The molecule has 0 atom stereocenters. The van der Waals surface area contributed by atoms with Gasteiger partial charge in [0.05, 0.1) is 24.1 Å². The minimum Gasteiger partial charge on any atom is -0.372 e. The van der Waals surface area contributed by atoms with Crippen LogP contribution in [0.25, 0.3) is 5.69 Å². The van der Waals surface area contributed by atoms with Crippen LogP contribution >= 0.6 is 0 Å². The molecule has 3 heterocycles. The molecule has 1 aliphatic rings. The van der Waals surface area contributed by atoms with E-state index in [1.807, 2.05) is 47.5 Å². The monoisotopic (exact) mass is 376 g/mol. The highest BCUT2D eigenvalue weighted by atomic mass is 16.5. The molecule has 146 valence electrons. The summed E-state index contributed by atoms with van der Waals surface area (Å²) in [5.41, 5.74) is 6.16. The van der Waals surface area contributed by atoms with Gasteiger partial charge in [-0.15, -0.1) is 0 Å². The maximum absolute atomic E-state index is 6.09. The number of hydrogen-bond donors (Lipinski definition) is 0. The third-order valence-electron chi connectivity index (χ3n) is 5.45. The van der Waals surface area contributed by atoms with Gasteiger partial charge in [-0.3, -0.25) is 9.88 Å². The van der Waals surface area contributed by atoms with Crippen LogP contribution in [0.3, 0.4) is 0 Å². The van der Waals surface area contributed by atoms with E-state index in [0.717, 1.165) is 38.2 Å². The first-order chi connectivity index (χ1) is 13.7. The van der Waals surface area contributed by atoms with E-state index in [9.17, 15) is 0 Å². The highest BCUT2D eigenvalue weighted by molar-refractivity contribution is 5.48. The van der Waals surface area contributed by atoms with Crippen molar-refractivity contribution in [1.29, 1.82) is 0 Å². The summed E-state index contributed by atoms with van der Waals surface area (Å²) in [6.45, 7) is 8.02. The third-order valence-corrected chi connectivity index (χ3v) is 5.45. The Bertz CT molecular complexity index is 884. The Kier molecular flexibility index (Phi) is 5.84. The lowest BCUT2D eigenvalue weighted by Gasteiger charge is -2.32. The smallest absolute Gasteiger partial charge is 0.0891 e. The van der Waals surface area contributed by atoms with Crippen LogP contribution in [0, 0.1) is 13.8 Å². The Morgan fingerprint density at radius 3 is 2.64 bits per heavy atom. The number of likely N-dealkylation sites (tertiary alicyclic amines) is 1. The van der Waals surface area contributed by atoms with Crippen molar-refractivity contribution in [1.82, 2.24) is 19.7 Å². The van der Waals surface area contributed by atoms with E-state index < -0.39 is 0 Å². The maximum Gasteiger partial charge on any atom is 0.0891 e. The average Bonchev–Trinajstić information content (AvgIpc) is 3.25. The molecule has 2 aromatic heterocycles. The van der Waals surface area contributed by atoms with Crippen LogP contribution in [0.1, 0.15) is 35.2 Å². The molecule has 0 N–H and O–H groups in total. The zero-order chi connectivity index (χ0) is 19.3. The Hall–Kier alpha value is -2.50. The van der Waals surface area contributed by atoms with Gasteiger partial charge in [-0.2, -0.15) is 5.10 Å². The van der Waals surface area contributed by atoms with Crippen molar-refractivity contribution >= 4 is 0 Å². The number of aryl methyl sites for hydroxylation is 2. The fourth-order valence-electron chi connectivity index (χ4n) is 3.94. The van der Waals surface area contributed by atoms with Crippen molar-refractivity contribution in [3.8, 4) is 5.69 Å². The predicted molar refractivity (Wildman–Crippen MR) is 110 cm³/mol. The molecule has 0 aliphatic carbocycles. The van der Waals surface area contributed by atoms with E-state index in [0.29, 0.717) is 12.7 Å². The molecule has 4 rings (SSSR count). The molecule has 3 aromatic rings. The van der Waals surface area contributed by atoms with Crippen LogP contribution < -0.4 is 0 Å². The SMILES string of the molecule is Cc1cc(C)c(CN2CCC(OCc3ccccn3)CC2)c(-n2cccn2)c1. The van der Waals surface area contributed by atoms with Gasteiger partial charge in [-0.1, -0.05) is 12.1 Å². The number of pyridine rings is 1. The number of aromatic nitrogens is 3. The van der Waals surface area contributed by atoms with Gasteiger partial charge in [0, 0.05) is 38.2 Å². The molecule has 1 fully saturated rings. The van der Waals surface area contributed by atoms with E-state index in [4.69, 9.17) is 4.74 Å². The number of benzene rings is 1. The predicted octanol–water partition coefficient (Wildman–Crippen LogP) is 4.07. The van der Waals surface area contributed by atoms with Crippen LogP contribution in [0.2, 0.25) is 0 Å². The van der Waals surface area contributed by atoms with Crippen molar-refractivity contribution in [3.63, 3.8) is 0 Å². The highest BCUT2D eigenvalue weighted by Crippen LogP contribution is 2.24. The quantitative estimate of drug-likeness (QED) is 0.651. The summed E-state index contributed by atoms with van der Waals surface area (Å²) in [4.78, 5) is 6.87. The zero-order valence-corrected chi connectivity index (χ0v) is 16.7. The van der Waals surface area contributed by atoms with Gasteiger partial charge < -0.3 is 4.74 Å². The molecule has 0 amide bonds. The fourth-order valence-corrected chi connectivity index (χ4v) is 3.94. The zero-order valence-electron chi connectivity index (χ0n) is 16.7. The summed E-state index contributed by atoms with van der Waals surface area (Å²) < 4.78 is 8.07. The lowest BCUT2D eigenvalue weighted by atomic mass is 10.0. The number of ether oxygens (including phenoxy) is 1. The minimum atomic E-state index is 0.322. The molecule has 0 unspecified atom stereocenters. The van der Waals surface area contributed by atoms with Gasteiger partial charge in [0.1, 0.15) is 0 Å². The van der Waals surface area contributed by atoms with Crippen LogP contribution in [0.5, 0.6) is 0 Å². The van der Waals surface area contributed by atoms with Crippen molar-refractivity contribution in [2.75, 3.05) is 13.1 Å². The second-order valence-electron chi connectivity index (χ2n) is 7.64. The Balaban J connectivity index is 1.37. The van der Waals surface area contributed by atoms with Crippen LogP contribution in [0.15, 0.2) is 55.0 Å². The fraction of sp³-hybridized carbons (Fsp3) is 0.391. The summed E-state index contributed by atoms with van der Waals surface area (Å²) in [5.74, 6) is 0. The van der Waals surface area contributed by atoms with Crippen molar-refractivity contribution in [2.24, 2.45) is 0 Å². The maximum atomic E-state index is 6.09. The molecule has 0 radical (unpaired) electrons. The molecule has 1 aliphatic heterocycles. The van der Waals surface area contributed by atoms with E-state index in [1.54, 1.807) is 0 Å². The lowest BCUT2D eigenvalue weighted by Crippen LogP contribution is -2.37. The number of nitrogens with zero attached hydrogens (tertiary/aromatic N) is 4. The average molecular weight is 377 g/mol. The van der Waals surface area contributed by atoms with Crippen LogP contribution in [0.4, 0.5) is 0 Å². The molecule has 1 saturated heterocycles. The summed E-state index contributed by atoms with van der Waals surface area (Å²) in [6.07, 6.45) is 8.14. The molecule has 0 spiro atoms. The first kappa shape index (κ1) is 18.8. The number of piperidine rings is 1. The molecule has 0 bridgehead atoms. The topological polar surface area (TPSA) is 43.2 Å². The Morgan fingerprint density at radius 1 is 1.07 bits per heavy atom. The Morgan fingerprint density at radius 2 is 1.93 bits per heavy atom. The van der Waals surface area contributed by atoms with Crippen LogP contribution in [-0.4, -0.2) is 38.9 Å². The lowest BCUT2D eigenvalue weighted by molar-refractivity contribution is -0.00525. The molecular weight excluding hydrogens is 348 g/mol. The normalized spacial score (nSPS) is 15.8. The number of rotatable bonds is 6. The molecule has 0 saturated carbocycles. The van der Waals surface area contributed by atoms with Gasteiger partial charge in [-0.05, 0) is 67.6 Å². The highest BCUT2D eigenvalue weighted by Gasteiger charge is 2.21. The summed E-state index contributed by atoms with van der Waals surface area (Å²) >= 11 is 0. The van der Waals surface area contributed by atoms with E-state index in [2.05, 4.69) is 41.0 Å². The van der Waals surface area contributed by atoms with E-state index in [1.165, 1.54) is 22.4 Å². The standard InChI is InChI=1S/C23H28N4O/c1-18-14-19(2)22(23(15-18)27-11-5-10-25-27)16-26-12-7-21(8-13-26)28-17-20-6-3-4-9-24-20/h3-6,9-11,14-15,21H,7-8,12-13,16-17H2,1-2H3. The second-order valence-corrected chi connectivity index (χ2v) is 7.64. The molecule has 5 nitrogen and oxygen atoms in total. The number of hydrogen-bond acceptors (Lipinski definition) is 4. The molecule has 1 aromatic carbocycles. The molecule has 5 heteroatoms. The first-order valence-electron chi connectivity index (χ1n) is 10.0. The summed E-state index contributed by atoms with van der Waals surface area (Å²) in [5, 5.41) is 4.46. The van der Waals surface area contributed by atoms with Gasteiger partial charge in [0.15, 0.2) is 0 Å². The summed E-state index contributed by atoms with van der Waals surface area (Å²) in [6, 6.07) is 12.4. The molecule has 28 heavy (non-hydrogen) atoms. The third kappa shape index (κ3) is 4.49. The first-order valence-corrected chi connectivity index (χ1v) is 10.0. The van der Waals surface area contributed by atoms with Crippen molar-refractivity contribution in [2.45, 2.75) is 45.9 Å². The van der Waals surface area contributed by atoms with Crippen molar-refractivity contribution in [3.05, 3.63) is 77.4 Å². The van der Waals surface area contributed by atoms with E-state index >= 15 is 0 Å². The van der Waals surface area contributed by atoms with E-state index in [-0.39, 0.29) is 0 Å². The largest absolute Gasteiger partial charge is 0.372 e. The minimum absolute atomic E-state index is 0.322. The van der Waals surface area contributed by atoms with Crippen molar-refractivity contribution < 1.29 is 4.74 Å². The van der Waals surface area contributed by atoms with Gasteiger partial charge >= 0.3 is 0 Å². The Labute approximate surface area is 167 Å².